The van der Waals surface area contributed by atoms with Gasteiger partial charge in [0.2, 0.25) is 0 Å². The van der Waals surface area contributed by atoms with Gasteiger partial charge in [-0.3, -0.25) is 4.98 Å². The molecule has 0 spiro atoms. The fourth-order valence-electron chi connectivity index (χ4n) is 0.558. The molecule has 0 aliphatic rings. The van der Waals surface area contributed by atoms with E-state index in [4.69, 9.17) is 5.11 Å². The van der Waals surface area contributed by atoms with E-state index in [2.05, 4.69) is 20.9 Å². The summed E-state index contributed by atoms with van der Waals surface area (Å²) < 4.78 is 24.1. The number of hydrogen-bond acceptors (Lipinski definition) is 2. The van der Waals surface area contributed by atoms with E-state index in [-0.39, 0.29) is 15.9 Å². The Bertz CT molecular complexity index is 267. The van der Waals surface area contributed by atoms with Gasteiger partial charge in [-0.15, -0.1) is 0 Å². The molecule has 0 aromatic carbocycles. The van der Waals surface area contributed by atoms with Gasteiger partial charge in [-0.2, -0.15) is 0 Å². The number of nitrogens with zero attached hydrogens (tertiary/aromatic N) is 1. The van der Waals surface area contributed by atoms with E-state index in [0.717, 1.165) is 12.3 Å². The molecule has 0 saturated carbocycles. The molecule has 0 atom stereocenters. The van der Waals surface area contributed by atoms with Crippen molar-refractivity contribution in [2.24, 2.45) is 0 Å². The third kappa shape index (κ3) is 1.86. The molecule has 0 aliphatic carbocycles. The highest BCUT2D eigenvalue weighted by Crippen LogP contribution is 2.26. The largest absolute Gasteiger partial charge is 0.505 e. The van der Waals surface area contributed by atoms with Crippen LogP contribution in [0.1, 0.15) is 12.1 Å². The first-order chi connectivity index (χ1) is 5.11. The number of hydrogen-bond donors (Lipinski definition) is 1. The number of halogens is 3. The van der Waals surface area contributed by atoms with E-state index >= 15 is 0 Å². The van der Waals surface area contributed by atoms with Crippen LogP contribution in [-0.4, -0.2) is 10.1 Å². The molecule has 1 rings (SSSR count). The Labute approximate surface area is 70.0 Å². The normalized spacial score (nSPS) is 10.5. The van der Waals surface area contributed by atoms with Crippen molar-refractivity contribution in [2.75, 3.05) is 0 Å². The summed E-state index contributed by atoms with van der Waals surface area (Å²) in [5, 5.41) is 8.87. The second-order valence-electron chi connectivity index (χ2n) is 1.86. The maximum atomic E-state index is 11.9. The number of aromatic hydroxyl groups is 1. The van der Waals surface area contributed by atoms with Crippen molar-refractivity contribution in [1.29, 1.82) is 0 Å². The fraction of sp³-hybridized carbons (Fsp3) is 0.167. The average Bonchev–Trinajstić information content (AvgIpc) is 1.94. The maximum absolute atomic E-state index is 11.9. The second-order valence-corrected chi connectivity index (χ2v) is 2.72. The highest BCUT2D eigenvalue weighted by Gasteiger charge is 2.09. The fourth-order valence-corrected chi connectivity index (χ4v) is 0.895. The maximum Gasteiger partial charge on any atom is 0.280 e. The smallest absolute Gasteiger partial charge is 0.280 e. The minimum Gasteiger partial charge on any atom is -0.505 e. The summed E-state index contributed by atoms with van der Waals surface area (Å²) in [5.74, 6) is -0.144. The first-order valence-corrected chi connectivity index (χ1v) is 3.53. The number of aromatic nitrogens is 1. The van der Waals surface area contributed by atoms with Crippen molar-refractivity contribution in [2.45, 2.75) is 6.43 Å². The second kappa shape index (κ2) is 3.13. The average molecular weight is 224 g/mol. The van der Waals surface area contributed by atoms with Crippen LogP contribution in [-0.2, 0) is 0 Å². The van der Waals surface area contributed by atoms with E-state index in [1.165, 1.54) is 0 Å². The van der Waals surface area contributed by atoms with Gasteiger partial charge in [0.25, 0.3) is 6.43 Å². The standard InChI is InChI=1S/C6H4BrF2NO/c7-3-1-4(6(8)9)10-2-5(3)11/h1-2,6,11H. The molecule has 2 nitrogen and oxygen atoms in total. The first-order valence-electron chi connectivity index (χ1n) is 2.74. The predicted molar refractivity (Wildman–Crippen MR) is 38.6 cm³/mol. The molecule has 1 N–H and O–H groups in total. The molecule has 0 aliphatic heterocycles. The zero-order valence-corrected chi connectivity index (χ0v) is 6.85. The van der Waals surface area contributed by atoms with E-state index in [1.807, 2.05) is 0 Å². The van der Waals surface area contributed by atoms with Crippen molar-refractivity contribution in [1.82, 2.24) is 4.98 Å². The van der Waals surface area contributed by atoms with Gasteiger partial charge in [0.1, 0.15) is 11.4 Å². The van der Waals surface area contributed by atoms with Gasteiger partial charge < -0.3 is 5.11 Å². The van der Waals surface area contributed by atoms with E-state index in [9.17, 15) is 8.78 Å². The minimum atomic E-state index is -2.60. The third-order valence-electron chi connectivity index (χ3n) is 1.08. The van der Waals surface area contributed by atoms with Crippen LogP contribution in [0.25, 0.3) is 0 Å². The molecule has 60 valence electrons. The summed E-state index contributed by atoms with van der Waals surface area (Å²) in [7, 11) is 0. The number of alkyl halides is 2. The molecule has 1 heterocycles. The lowest BCUT2D eigenvalue weighted by atomic mass is 10.3. The Morgan fingerprint density at radius 2 is 2.18 bits per heavy atom. The van der Waals surface area contributed by atoms with Crippen molar-refractivity contribution < 1.29 is 13.9 Å². The van der Waals surface area contributed by atoms with Gasteiger partial charge in [-0.25, -0.2) is 8.78 Å². The highest BCUT2D eigenvalue weighted by atomic mass is 79.9. The van der Waals surface area contributed by atoms with E-state index in [1.54, 1.807) is 0 Å². The zero-order chi connectivity index (χ0) is 8.43. The van der Waals surface area contributed by atoms with Gasteiger partial charge in [-0.1, -0.05) is 0 Å². The van der Waals surface area contributed by atoms with Crippen molar-refractivity contribution in [3.63, 3.8) is 0 Å². The lowest BCUT2D eigenvalue weighted by Gasteiger charge is -1.99. The van der Waals surface area contributed by atoms with Crippen LogP contribution < -0.4 is 0 Å². The molecular weight excluding hydrogens is 220 g/mol. The SMILES string of the molecule is Oc1cnc(C(F)F)cc1Br. The molecule has 0 bridgehead atoms. The van der Waals surface area contributed by atoms with Crippen molar-refractivity contribution >= 4 is 15.9 Å². The molecule has 0 amide bonds. The lowest BCUT2D eigenvalue weighted by Crippen LogP contribution is -1.88. The van der Waals surface area contributed by atoms with Crippen LogP contribution >= 0.6 is 15.9 Å². The van der Waals surface area contributed by atoms with Crippen molar-refractivity contribution in [3.8, 4) is 5.75 Å². The van der Waals surface area contributed by atoms with Crippen LogP contribution in [0, 0.1) is 0 Å². The van der Waals surface area contributed by atoms with Crippen LogP contribution in [0.4, 0.5) is 8.78 Å². The number of pyridine rings is 1. The lowest BCUT2D eigenvalue weighted by molar-refractivity contribution is 0.146. The van der Waals surface area contributed by atoms with Gasteiger partial charge >= 0.3 is 0 Å². The Balaban J connectivity index is 3.05. The van der Waals surface area contributed by atoms with Gasteiger partial charge in [0.15, 0.2) is 0 Å². The van der Waals surface area contributed by atoms with E-state index < -0.39 is 6.43 Å². The molecule has 1 aromatic rings. The summed E-state index contributed by atoms with van der Waals surface area (Å²) in [4.78, 5) is 3.31. The predicted octanol–water partition coefficient (Wildman–Crippen LogP) is 2.49. The van der Waals surface area contributed by atoms with E-state index in [0.29, 0.717) is 0 Å². The summed E-state index contributed by atoms with van der Waals surface area (Å²) >= 11 is 2.89. The summed E-state index contributed by atoms with van der Waals surface area (Å²) in [6, 6.07) is 1.08. The highest BCUT2D eigenvalue weighted by molar-refractivity contribution is 9.10. The Morgan fingerprint density at radius 3 is 2.64 bits per heavy atom. The molecular formula is C6H4BrF2NO. The zero-order valence-electron chi connectivity index (χ0n) is 5.26. The van der Waals surface area contributed by atoms with Gasteiger partial charge in [0.05, 0.1) is 10.7 Å². The molecule has 0 unspecified atom stereocenters. The minimum absolute atomic E-state index is 0.144. The van der Waals surface area contributed by atoms with Crippen LogP contribution in [0.15, 0.2) is 16.7 Å². The summed E-state index contributed by atoms with van der Waals surface area (Å²) in [6.07, 6.45) is -1.63. The monoisotopic (exact) mass is 223 g/mol. The summed E-state index contributed by atoms with van der Waals surface area (Å²) in [5.41, 5.74) is -0.352. The van der Waals surface area contributed by atoms with Crippen LogP contribution in [0.2, 0.25) is 0 Å². The molecule has 1 aromatic heterocycles. The molecule has 0 radical (unpaired) electrons. The van der Waals surface area contributed by atoms with Crippen LogP contribution in [0.5, 0.6) is 5.75 Å². The molecule has 11 heavy (non-hydrogen) atoms. The first kappa shape index (κ1) is 8.39. The molecule has 5 heteroatoms. The van der Waals surface area contributed by atoms with Gasteiger partial charge in [-0.05, 0) is 22.0 Å². The summed E-state index contributed by atoms with van der Waals surface area (Å²) in [6.45, 7) is 0. The molecule has 0 fully saturated rings. The topological polar surface area (TPSA) is 33.1 Å². The van der Waals surface area contributed by atoms with Crippen LogP contribution in [0.3, 0.4) is 0 Å². The Morgan fingerprint density at radius 1 is 1.55 bits per heavy atom. The number of rotatable bonds is 1. The Kier molecular flexibility index (Phi) is 2.38. The molecule has 0 saturated heterocycles. The quantitative estimate of drug-likeness (QED) is 0.794. The Hall–Kier alpha value is -0.710. The third-order valence-corrected chi connectivity index (χ3v) is 1.71. The van der Waals surface area contributed by atoms with Gasteiger partial charge in [0, 0.05) is 0 Å². The van der Waals surface area contributed by atoms with Crippen molar-refractivity contribution in [3.05, 3.63) is 22.4 Å².